The summed E-state index contributed by atoms with van der Waals surface area (Å²) in [7, 11) is 1.82. The van der Waals surface area contributed by atoms with Crippen LogP contribution in [-0.2, 0) is 11.2 Å². The number of likely N-dealkylation sites (tertiary alicyclic amines) is 1. The lowest BCUT2D eigenvalue weighted by Gasteiger charge is -2.34. The van der Waals surface area contributed by atoms with Gasteiger partial charge in [-0.05, 0) is 49.1 Å². The topological polar surface area (TPSA) is 45.7 Å². The second-order valence-electron chi connectivity index (χ2n) is 7.22. The van der Waals surface area contributed by atoms with E-state index in [4.69, 9.17) is 4.74 Å². The lowest BCUT2D eigenvalue weighted by Crippen LogP contribution is -2.43. The lowest BCUT2D eigenvalue weighted by atomic mass is 10.0. The van der Waals surface area contributed by atoms with Crippen LogP contribution in [0.3, 0.4) is 0 Å². The fourth-order valence-electron chi connectivity index (χ4n) is 3.61. The molecular formula is C22H24N3O2S. The van der Waals surface area contributed by atoms with Gasteiger partial charge in [0.2, 0.25) is 0 Å². The van der Waals surface area contributed by atoms with Crippen molar-refractivity contribution in [2.24, 2.45) is 0 Å². The van der Waals surface area contributed by atoms with Gasteiger partial charge < -0.3 is 14.5 Å². The number of carbonyl (C=O) groups excluding carboxylic acids is 1. The van der Waals surface area contributed by atoms with Gasteiger partial charge in [0.1, 0.15) is 5.75 Å². The minimum atomic E-state index is 0.340. The number of hydrogen-bond acceptors (Lipinski definition) is 5. The van der Waals surface area contributed by atoms with Crippen molar-refractivity contribution >= 4 is 28.0 Å². The first-order chi connectivity index (χ1) is 13.7. The smallest absolute Gasteiger partial charge is 0.312 e. The van der Waals surface area contributed by atoms with Gasteiger partial charge >= 0.3 is 6.41 Å². The highest BCUT2D eigenvalue weighted by Gasteiger charge is 2.21. The molecule has 145 valence electrons. The number of ether oxygens (including phenoxy) is 1. The lowest BCUT2D eigenvalue weighted by molar-refractivity contribution is 0.164. The zero-order chi connectivity index (χ0) is 19.3. The summed E-state index contributed by atoms with van der Waals surface area (Å²) in [5.41, 5.74) is 2.28. The Morgan fingerprint density at radius 2 is 1.93 bits per heavy atom. The molecule has 1 aromatic heterocycles. The fourth-order valence-corrected chi connectivity index (χ4v) is 4.45. The number of amides is 1. The number of aromatic nitrogens is 1. The van der Waals surface area contributed by atoms with Gasteiger partial charge in [-0.2, -0.15) is 0 Å². The number of para-hydroxylation sites is 1. The van der Waals surface area contributed by atoms with E-state index in [1.165, 1.54) is 5.56 Å². The molecule has 2 heterocycles. The number of fused-ring (bicyclic) bond motifs is 1. The highest BCUT2D eigenvalue weighted by atomic mass is 32.1. The van der Waals surface area contributed by atoms with Crippen LogP contribution < -0.4 is 4.74 Å². The van der Waals surface area contributed by atoms with E-state index in [1.54, 1.807) is 16.2 Å². The molecule has 3 aromatic rings. The zero-order valence-corrected chi connectivity index (χ0v) is 16.8. The molecule has 0 bridgehead atoms. The fraction of sp³-hybridized carbons (Fsp3) is 0.364. The van der Waals surface area contributed by atoms with Crippen LogP contribution >= 0.6 is 11.3 Å². The Balaban J connectivity index is 1.27. The molecule has 1 aliphatic rings. The van der Waals surface area contributed by atoms with E-state index in [1.807, 2.05) is 43.8 Å². The molecule has 6 heteroatoms. The third-order valence-electron chi connectivity index (χ3n) is 5.37. The summed E-state index contributed by atoms with van der Waals surface area (Å²) in [6.45, 7) is 3.12. The van der Waals surface area contributed by atoms with Gasteiger partial charge in [0.05, 0.1) is 10.2 Å². The van der Waals surface area contributed by atoms with E-state index >= 15 is 0 Å². The Bertz CT molecular complexity index is 884. The molecule has 0 N–H and O–H groups in total. The maximum Gasteiger partial charge on any atom is 0.312 e. The highest BCUT2D eigenvalue weighted by molar-refractivity contribution is 7.20. The summed E-state index contributed by atoms with van der Waals surface area (Å²) in [6.07, 6.45) is 5.06. The molecule has 0 unspecified atom stereocenters. The second kappa shape index (κ2) is 8.71. The summed E-state index contributed by atoms with van der Waals surface area (Å²) in [4.78, 5) is 19.4. The Labute approximate surface area is 169 Å². The Kier molecular flexibility index (Phi) is 5.88. The normalized spacial score (nSPS) is 15.6. The monoisotopic (exact) mass is 394 g/mol. The molecule has 2 aromatic carbocycles. The maximum atomic E-state index is 10.8. The van der Waals surface area contributed by atoms with Gasteiger partial charge in [-0.1, -0.05) is 35.6 Å². The van der Waals surface area contributed by atoms with Crippen molar-refractivity contribution in [1.82, 2.24) is 14.8 Å². The number of hydrogen-bond donors (Lipinski definition) is 0. The molecule has 0 atom stereocenters. The van der Waals surface area contributed by atoms with Crippen molar-refractivity contribution in [3.05, 3.63) is 54.1 Å². The Morgan fingerprint density at radius 3 is 2.64 bits per heavy atom. The minimum Gasteiger partial charge on any atom is -0.431 e. The van der Waals surface area contributed by atoms with Crippen LogP contribution in [0.2, 0.25) is 0 Å². The molecule has 0 aliphatic carbocycles. The molecule has 28 heavy (non-hydrogen) atoms. The third-order valence-corrected chi connectivity index (χ3v) is 6.28. The predicted octanol–water partition coefficient (Wildman–Crippen LogP) is 4.09. The number of benzene rings is 2. The molecule has 0 spiro atoms. The van der Waals surface area contributed by atoms with E-state index in [0.29, 0.717) is 11.2 Å². The van der Waals surface area contributed by atoms with Gasteiger partial charge in [-0.15, -0.1) is 0 Å². The number of nitrogens with zero attached hydrogens (tertiary/aromatic N) is 3. The molecular weight excluding hydrogens is 370 g/mol. The van der Waals surface area contributed by atoms with Crippen LogP contribution in [0.1, 0.15) is 18.4 Å². The van der Waals surface area contributed by atoms with E-state index < -0.39 is 0 Å². The van der Waals surface area contributed by atoms with Crippen molar-refractivity contribution in [2.45, 2.75) is 25.3 Å². The average Bonchev–Trinajstić information content (AvgIpc) is 3.15. The molecule has 1 fully saturated rings. The number of rotatable bonds is 7. The van der Waals surface area contributed by atoms with Crippen molar-refractivity contribution in [3.8, 4) is 10.9 Å². The van der Waals surface area contributed by atoms with E-state index in [-0.39, 0.29) is 0 Å². The van der Waals surface area contributed by atoms with Crippen LogP contribution in [0.25, 0.3) is 10.2 Å². The van der Waals surface area contributed by atoms with Gasteiger partial charge in [-0.3, -0.25) is 4.79 Å². The van der Waals surface area contributed by atoms with Crippen LogP contribution in [0.15, 0.2) is 48.5 Å². The first-order valence-electron chi connectivity index (χ1n) is 9.66. The highest BCUT2D eigenvalue weighted by Crippen LogP contribution is 2.31. The molecule has 4 rings (SSSR count). The molecule has 1 aliphatic heterocycles. The summed E-state index contributed by atoms with van der Waals surface area (Å²) in [5, 5.41) is 0.675. The maximum absolute atomic E-state index is 10.8. The molecule has 0 saturated carbocycles. The van der Waals surface area contributed by atoms with Gasteiger partial charge in [0, 0.05) is 32.7 Å². The van der Waals surface area contributed by atoms with Gasteiger partial charge in [0.15, 0.2) is 0 Å². The van der Waals surface area contributed by atoms with Crippen LogP contribution in [0.5, 0.6) is 10.9 Å². The SMILES string of the molecule is CN([C]=O)C1CCN(CCc2ccc(Oc3nc4ccccc4s3)cc2)CC1. The van der Waals surface area contributed by atoms with Crippen LogP contribution in [0, 0.1) is 0 Å². The Hall–Kier alpha value is -2.44. The summed E-state index contributed by atoms with van der Waals surface area (Å²) in [5.74, 6) is 0.816. The third kappa shape index (κ3) is 4.51. The molecule has 1 saturated heterocycles. The van der Waals surface area contributed by atoms with Crippen LogP contribution in [0.4, 0.5) is 0 Å². The van der Waals surface area contributed by atoms with E-state index in [9.17, 15) is 4.79 Å². The number of piperidine rings is 1. The van der Waals surface area contributed by atoms with Crippen LogP contribution in [-0.4, -0.2) is 53.9 Å². The van der Waals surface area contributed by atoms with Gasteiger partial charge in [0.25, 0.3) is 5.19 Å². The summed E-state index contributed by atoms with van der Waals surface area (Å²) in [6, 6.07) is 16.7. The molecule has 5 nitrogen and oxygen atoms in total. The van der Waals surface area contributed by atoms with Crippen molar-refractivity contribution in [1.29, 1.82) is 0 Å². The Morgan fingerprint density at radius 1 is 1.18 bits per heavy atom. The summed E-state index contributed by atoms with van der Waals surface area (Å²) < 4.78 is 7.05. The van der Waals surface area contributed by atoms with Crippen molar-refractivity contribution < 1.29 is 9.53 Å². The van der Waals surface area contributed by atoms with Gasteiger partial charge in [-0.25, -0.2) is 4.98 Å². The van der Waals surface area contributed by atoms with E-state index in [2.05, 4.69) is 28.1 Å². The molecule has 1 radical (unpaired) electrons. The second-order valence-corrected chi connectivity index (χ2v) is 8.21. The van der Waals surface area contributed by atoms with Crippen molar-refractivity contribution in [3.63, 3.8) is 0 Å². The number of thiazole rings is 1. The van der Waals surface area contributed by atoms with Crippen molar-refractivity contribution in [2.75, 3.05) is 26.7 Å². The standard InChI is InChI=1S/C22H24N3O2S/c1-24(16-26)18-11-14-25(15-12-18)13-10-17-6-8-19(9-7-17)27-22-23-20-4-2-3-5-21(20)28-22/h2-9,18H,10-15H2,1H3. The average molecular weight is 395 g/mol. The zero-order valence-electron chi connectivity index (χ0n) is 16.0. The summed E-state index contributed by atoms with van der Waals surface area (Å²) >= 11 is 1.56. The largest absolute Gasteiger partial charge is 0.431 e. The quantitative estimate of drug-likeness (QED) is 0.566. The first-order valence-corrected chi connectivity index (χ1v) is 10.5. The molecule has 1 amide bonds. The van der Waals surface area contributed by atoms with E-state index in [0.717, 1.165) is 54.9 Å². The first kappa shape index (κ1) is 18.9. The predicted molar refractivity (Wildman–Crippen MR) is 113 cm³/mol. The minimum absolute atomic E-state index is 0.340.